The Hall–Kier alpha value is -2.62. The van der Waals surface area contributed by atoms with E-state index in [1.807, 2.05) is 47.1 Å². The molecule has 1 spiro atoms. The number of aromatic nitrogens is 2. The maximum Gasteiger partial charge on any atom is 0.403 e. The molecule has 1 aliphatic carbocycles. The second kappa shape index (κ2) is 3.97. The number of benzene rings is 2. The van der Waals surface area contributed by atoms with Crippen molar-refractivity contribution in [2.45, 2.75) is 24.5 Å². The maximum atomic E-state index is 12.3. The summed E-state index contributed by atoms with van der Waals surface area (Å²) in [5.41, 5.74) is 0.960. The standard InChI is InChI=1S/C18H14N2O2/c21-16-13-8-4-5-9-14(13)17-20(19-16)18(10-11-18)15(22-17)12-6-2-1-3-7-12/h1-9,15H,10-11H2. The van der Waals surface area contributed by atoms with Crippen LogP contribution in [0.2, 0.25) is 0 Å². The highest BCUT2D eigenvalue weighted by molar-refractivity contribution is 5.89. The number of hydrogen-bond donors (Lipinski definition) is 0. The lowest BCUT2D eigenvalue weighted by Gasteiger charge is -2.11. The van der Waals surface area contributed by atoms with Crippen LogP contribution >= 0.6 is 0 Å². The van der Waals surface area contributed by atoms with Gasteiger partial charge in [0, 0.05) is 18.2 Å². The first-order valence-electron chi connectivity index (χ1n) is 7.54. The van der Waals surface area contributed by atoms with E-state index in [1.54, 1.807) is 0 Å². The van der Waals surface area contributed by atoms with E-state index in [4.69, 9.17) is 4.74 Å². The second-order valence-electron chi connectivity index (χ2n) is 6.08. The molecule has 0 amide bonds. The monoisotopic (exact) mass is 290 g/mol. The Labute approximate surface area is 127 Å². The molecule has 2 aliphatic rings. The van der Waals surface area contributed by atoms with Crippen LogP contribution in [0.1, 0.15) is 24.5 Å². The van der Waals surface area contributed by atoms with Gasteiger partial charge in [0.25, 0.3) is 0 Å². The molecule has 1 fully saturated rings. The van der Waals surface area contributed by atoms with Gasteiger partial charge in [-0.1, -0.05) is 48.5 Å². The molecule has 3 aromatic rings. The van der Waals surface area contributed by atoms with E-state index in [0.717, 1.165) is 29.7 Å². The van der Waals surface area contributed by atoms with Crippen molar-refractivity contribution in [2.75, 3.05) is 0 Å². The van der Waals surface area contributed by atoms with Crippen LogP contribution < -0.4 is 14.5 Å². The number of fused-ring (bicyclic) bond motifs is 4. The Bertz CT molecular complexity index is 888. The van der Waals surface area contributed by atoms with E-state index < -0.39 is 0 Å². The largest absolute Gasteiger partial charge is 0.854 e. The van der Waals surface area contributed by atoms with Crippen LogP contribution in [0.5, 0.6) is 11.8 Å². The smallest absolute Gasteiger partial charge is 0.403 e. The lowest BCUT2D eigenvalue weighted by Crippen LogP contribution is -2.48. The molecule has 0 N–H and O–H groups in total. The predicted octanol–water partition coefficient (Wildman–Crippen LogP) is 2.22. The van der Waals surface area contributed by atoms with Gasteiger partial charge in [-0.15, -0.1) is 0 Å². The van der Waals surface area contributed by atoms with Crippen LogP contribution in [-0.4, -0.2) is 5.10 Å². The molecule has 0 saturated heterocycles. The molecule has 22 heavy (non-hydrogen) atoms. The van der Waals surface area contributed by atoms with Crippen molar-refractivity contribution < 1.29 is 14.5 Å². The number of hydrogen-bond acceptors (Lipinski definition) is 3. The van der Waals surface area contributed by atoms with Crippen molar-refractivity contribution in [1.82, 2.24) is 5.10 Å². The third-order valence-electron chi connectivity index (χ3n) is 4.78. The summed E-state index contributed by atoms with van der Waals surface area (Å²) in [4.78, 5) is 0. The first kappa shape index (κ1) is 12.0. The first-order valence-corrected chi connectivity index (χ1v) is 7.54. The molecule has 4 heteroatoms. The molecule has 1 unspecified atom stereocenters. The van der Waals surface area contributed by atoms with Crippen LogP contribution in [0.15, 0.2) is 54.6 Å². The Balaban J connectivity index is 1.76. The topological polar surface area (TPSA) is 49.1 Å². The summed E-state index contributed by atoms with van der Waals surface area (Å²) in [6, 6.07) is 17.7. The Kier molecular flexibility index (Phi) is 2.16. The third kappa shape index (κ3) is 1.42. The molecule has 1 atom stereocenters. The van der Waals surface area contributed by atoms with Gasteiger partial charge in [-0.3, -0.25) is 0 Å². The van der Waals surface area contributed by atoms with Gasteiger partial charge >= 0.3 is 5.88 Å². The van der Waals surface area contributed by atoms with E-state index >= 15 is 0 Å². The summed E-state index contributed by atoms with van der Waals surface area (Å²) in [7, 11) is 0. The Morgan fingerprint density at radius 1 is 1.00 bits per heavy atom. The quantitative estimate of drug-likeness (QED) is 0.646. The fourth-order valence-corrected chi connectivity index (χ4v) is 3.52. The minimum atomic E-state index is -0.181. The van der Waals surface area contributed by atoms with Crippen molar-refractivity contribution in [1.29, 1.82) is 0 Å². The molecular weight excluding hydrogens is 276 g/mol. The van der Waals surface area contributed by atoms with Gasteiger partial charge in [-0.25, -0.2) is 0 Å². The highest BCUT2D eigenvalue weighted by Crippen LogP contribution is 2.55. The molecule has 0 bridgehead atoms. The molecule has 2 heterocycles. The maximum absolute atomic E-state index is 12.3. The molecular formula is C18H14N2O2. The normalized spacial score (nSPS) is 20.8. The van der Waals surface area contributed by atoms with Gasteiger partial charge < -0.3 is 9.84 Å². The average molecular weight is 290 g/mol. The number of rotatable bonds is 1. The van der Waals surface area contributed by atoms with Gasteiger partial charge in [0.15, 0.2) is 6.10 Å². The molecule has 0 radical (unpaired) electrons. The SMILES string of the molecule is [O-]c1n[n+]2c(c3ccccc13)OC(c1ccccc1)C21CC1. The van der Waals surface area contributed by atoms with E-state index in [1.165, 1.54) is 0 Å². The van der Waals surface area contributed by atoms with Crippen molar-refractivity contribution in [3.05, 3.63) is 60.2 Å². The molecule has 5 rings (SSSR count). The summed E-state index contributed by atoms with van der Waals surface area (Å²) in [5.74, 6) is 0.546. The van der Waals surface area contributed by atoms with Crippen LogP contribution in [-0.2, 0) is 5.54 Å². The summed E-state index contributed by atoms with van der Waals surface area (Å²) in [6.07, 6.45) is 1.93. The zero-order valence-corrected chi connectivity index (χ0v) is 11.9. The molecule has 108 valence electrons. The Morgan fingerprint density at radius 2 is 1.68 bits per heavy atom. The summed E-state index contributed by atoms with van der Waals surface area (Å²) < 4.78 is 8.14. The summed E-state index contributed by atoms with van der Waals surface area (Å²) in [6.45, 7) is 0. The van der Waals surface area contributed by atoms with Gasteiger partial charge in [0.1, 0.15) is 0 Å². The van der Waals surface area contributed by atoms with Gasteiger partial charge in [0.2, 0.25) is 5.54 Å². The highest BCUT2D eigenvalue weighted by Gasteiger charge is 2.68. The van der Waals surface area contributed by atoms with E-state index in [0.29, 0.717) is 5.39 Å². The molecule has 2 aromatic carbocycles. The van der Waals surface area contributed by atoms with Gasteiger partial charge in [-0.05, 0) is 21.4 Å². The summed E-state index contributed by atoms with van der Waals surface area (Å²) in [5, 5.41) is 18.1. The van der Waals surface area contributed by atoms with Gasteiger partial charge in [-0.2, -0.15) is 0 Å². The minimum absolute atomic E-state index is 0.0635. The van der Waals surface area contributed by atoms with Crippen molar-refractivity contribution in [3.8, 4) is 11.8 Å². The minimum Gasteiger partial charge on any atom is -0.854 e. The van der Waals surface area contributed by atoms with Crippen molar-refractivity contribution >= 4 is 10.8 Å². The molecule has 1 saturated carbocycles. The predicted molar refractivity (Wildman–Crippen MR) is 78.4 cm³/mol. The highest BCUT2D eigenvalue weighted by atomic mass is 16.5. The van der Waals surface area contributed by atoms with Crippen molar-refractivity contribution in [3.63, 3.8) is 0 Å². The lowest BCUT2D eigenvalue weighted by atomic mass is 10.0. The molecule has 1 aromatic heterocycles. The van der Waals surface area contributed by atoms with Crippen LogP contribution in [0.3, 0.4) is 0 Å². The lowest BCUT2D eigenvalue weighted by molar-refractivity contribution is -0.780. The molecule has 1 aliphatic heterocycles. The Morgan fingerprint density at radius 3 is 2.41 bits per heavy atom. The first-order chi connectivity index (χ1) is 10.8. The van der Waals surface area contributed by atoms with E-state index in [9.17, 15) is 5.11 Å². The molecule has 4 nitrogen and oxygen atoms in total. The van der Waals surface area contributed by atoms with E-state index in [2.05, 4.69) is 17.2 Å². The fourth-order valence-electron chi connectivity index (χ4n) is 3.52. The average Bonchev–Trinajstić information content (AvgIpc) is 3.29. The summed E-state index contributed by atoms with van der Waals surface area (Å²) >= 11 is 0. The van der Waals surface area contributed by atoms with Crippen LogP contribution in [0.25, 0.3) is 10.8 Å². The van der Waals surface area contributed by atoms with Crippen LogP contribution in [0.4, 0.5) is 0 Å². The van der Waals surface area contributed by atoms with E-state index in [-0.39, 0.29) is 17.5 Å². The third-order valence-corrected chi connectivity index (χ3v) is 4.78. The van der Waals surface area contributed by atoms with Gasteiger partial charge in [0.05, 0.1) is 11.3 Å². The number of nitrogens with zero attached hydrogens (tertiary/aromatic N) is 2. The zero-order chi connectivity index (χ0) is 14.7. The van der Waals surface area contributed by atoms with Crippen molar-refractivity contribution in [2.24, 2.45) is 0 Å². The fraction of sp³-hybridized carbons (Fsp3) is 0.222. The second-order valence-corrected chi connectivity index (χ2v) is 6.08. The van der Waals surface area contributed by atoms with Crippen LogP contribution in [0, 0.1) is 0 Å². The number of ether oxygens (including phenoxy) is 1. The zero-order valence-electron chi connectivity index (χ0n) is 11.9.